The Morgan fingerprint density at radius 1 is 0.844 bits per heavy atom. The Kier molecular flexibility index (Phi) is 3.79. The first-order chi connectivity index (χ1) is 15.5. The lowest BCUT2D eigenvalue weighted by Crippen LogP contribution is -2.51. The van der Waals surface area contributed by atoms with E-state index in [1.54, 1.807) is 24.3 Å². The molecule has 3 aromatic rings. The third-order valence-corrected chi connectivity index (χ3v) is 7.59. The lowest BCUT2D eigenvalue weighted by atomic mass is 9.48. The average molecular weight is 423 g/mol. The number of hydrogen-bond donors (Lipinski definition) is 0. The maximum atomic E-state index is 13.9. The molecular formula is C27H21NO4. The van der Waals surface area contributed by atoms with E-state index in [2.05, 4.69) is 31.2 Å². The first kappa shape index (κ1) is 19.0. The Bertz CT molecular complexity index is 1260. The summed E-state index contributed by atoms with van der Waals surface area (Å²) in [4.78, 5) is 40.8. The van der Waals surface area contributed by atoms with Gasteiger partial charge in [0, 0.05) is 11.3 Å². The van der Waals surface area contributed by atoms with Gasteiger partial charge in [-0.1, -0.05) is 55.5 Å². The molecule has 4 aliphatic rings. The van der Waals surface area contributed by atoms with Crippen molar-refractivity contribution in [2.75, 3.05) is 12.0 Å². The molecular weight excluding hydrogens is 402 g/mol. The zero-order chi connectivity index (χ0) is 22.2. The van der Waals surface area contributed by atoms with Crippen LogP contribution in [0.15, 0.2) is 72.8 Å². The van der Waals surface area contributed by atoms with Gasteiger partial charge in [-0.15, -0.1) is 0 Å². The van der Waals surface area contributed by atoms with E-state index >= 15 is 0 Å². The maximum absolute atomic E-state index is 13.9. The van der Waals surface area contributed by atoms with E-state index in [9.17, 15) is 14.4 Å². The maximum Gasteiger partial charge on any atom is 0.337 e. The second-order valence-corrected chi connectivity index (χ2v) is 8.91. The van der Waals surface area contributed by atoms with E-state index < -0.39 is 23.2 Å². The number of anilines is 1. The molecule has 0 N–H and O–H groups in total. The van der Waals surface area contributed by atoms with Gasteiger partial charge in [0.05, 0.1) is 30.2 Å². The molecule has 2 atom stereocenters. The minimum absolute atomic E-state index is 0.148. The normalized spacial score (nSPS) is 27.1. The van der Waals surface area contributed by atoms with E-state index in [0.717, 1.165) is 22.3 Å². The van der Waals surface area contributed by atoms with Crippen LogP contribution in [0.2, 0.25) is 0 Å². The second-order valence-electron chi connectivity index (χ2n) is 8.91. The van der Waals surface area contributed by atoms with E-state index in [1.807, 2.05) is 24.3 Å². The largest absolute Gasteiger partial charge is 0.465 e. The van der Waals surface area contributed by atoms with Gasteiger partial charge in [0.1, 0.15) is 0 Å². The van der Waals surface area contributed by atoms with Crippen molar-refractivity contribution in [3.8, 4) is 0 Å². The Labute approximate surface area is 185 Å². The molecule has 0 saturated carbocycles. The summed E-state index contributed by atoms with van der Waals surface area (Å²) in [6.45, 7) is 2.10. The molecule has 0 aromatic heterocycles. The quantitative estimate of drug-likeness (QED) is 0.461. The molecule has 0 spiro atoms. The third-order valence-electron chi connectivity index (χ3n) is 7.59. The van der Waals surface area contributed by atoms with Gasteiger partial charge < -0.3 is 4.74 Å². The van der Waals surface area contributed by atoms with Gasteiger partial charge in [0.25, 0.3) is 0 Å². The van der Waals surface area contributed by atoms with Crippen LogP contribution in [0.1, 0.15) is 45.5 Å². The summed E-state index contributed by atoms with van der Waals surface area (Å²) in [6, 6.07) is 22.9. The van der Waals surface area contributed by atoms with E-state index in [0.29, 0.717) is 11.3 Å². The van der Waals surface area contributed by atoms with Crippen molar-refractivity contribution in [2.24, 2.45) is 11.8 Å². The van der Waals surface area contributed by atoms with Gasteiger partial charge in [-0.3, -0.25) is 9.59 Å². The summed E-state index contributed by atoms with van der Waals surface area (Å²) in [6.07, 6.45) is 0. The van der Waals surface area contributed by atoms with Crippen molar-refractivity contribution in [2.45, 2.75) is 18.3 Å². The van der Waals surface area contributed by atoms with Crippen LogP contribution in [0.4, 0.5) is 5.69 Å². The molecule has 3 aliphatic carbocycles. The molecule has 158 valence electrons. The fourth-order valence-corrected chi connectivity index (χ4v) is 6.27. The predicted molar refractivity (Wildman–Crippen MR) is 118 cm³/mol. The van der Waals surface area contributed by atoms with E-state index in [-0.39, 0.29) is 17.7 Å². The number of benzene rings is 3. The van der Waals surface area contributed by atoms with E-state index in [1.165, 1.54) is 12.0 Å². The Hall–Kier alpha value is -3.73. The van der Waals surface area contributed by atoms with Gasteiger partial charge in [0.15, 0.2) is 0 Å². The Morgan fingerprint density at radius 2 is 1.41 bits per heavy atom. The van der Waals surface area contributed by atoms with Crippen LogP contribution in [-0.4, -0.2) is 24.9 Å². The molecule has 5 heteroatoms. The lowest BCUT2D eigenvalue weighted by molar-refractivity contribution is -0.123. The van der Waals surface area contributed by atoms with Gasteiger partial charge in [-0.25, -0.2) is 9.69 Å². The summed E-state index contributed by atoms with van der Waals surface area (Å²) in [5.41, 5.74) is 4.82. The summed E-state index contributed by atoms with van der Waals surface area (Å²) in [5.74, 6) is -1.87. The number of methoxy groups -OCH3 is 1. The van der Waals surface area contributed by atoms with Crippen LogP contribution in [0.3, 0.4) is 0 Å². The fraction of sp³-hybridized carbons (Fsp3) is 0.222. The summed E-state index contributed by atoms with van der Waals surface area (Å²) in [7, 11) is 1.32. The number of carbonyl (C=O) groups is 3. The first-order valence-electron chi connectivity index (χ1n) is 10.7. The highest BCUT2D eigenvalue weighted by Gasteiger charge is 2.66. The van der Waals surface area contributed by atoms with Gasteiger partial charge >= 0.3 is 5.97 Å². The van der Waals surface area contributed by atoms with Crippen LogP contribution < -0.4 is 4.90 Å². The number of esters is 1. The number of imide groups is 1. The molecule has 1 heterocycles. The zero-order valence-electron chi connectivity index (χ0n) is 17.7. The molecule has 7 rings (SSSR count). The SMILES string of the molecule is COC(=O)c1ccc(N2C(=O)[C@@H]3C4c5ccccc5C(C)(c5ccccc54)[C@@H]3C2=O)cc1. The van der Waals surface area contributed by atoms with Crippen molar-refractivity contribution in [1.82, 2.24) is 0 Å². The topological polar surface area (TPSA) is 63.7 Å². The molecule has 0 radical (unpaired) electrons. The number of hydrogen-bond acceptors (Lipinski definition) is 4. The molecule has 1 saturated heterocycles. The number of rotatable bonds is 2. The number of carbonyl (C=O) groups excluding carboxylic acids is 3. The molecule has 2 bridgehead atoms. The van der Waals surface area contributed by atoms with Crippen molar-refractivity contribution >= 4 is 23.5 Å². The Morgan fingerprint density at radius 3 is 1.97 bits per heavy atom. The Balaban J connectivity index is 1.52. The minimum Gasteiger partial charge on any atom is -0.465 e. The summed E-state index contributed by atoms with van der Waals surface area (Å²) in [5, 5.41) is 0. The molecule has 5 nitrogen and oxygen atoms in total. The highest BCUT2D eigenvalue weighted by molar-refractivity contribution is 6.23. The van der Waals surface area contributed by atoms with Gasteiger partial charge in [-0.05, 0) is 46.5 Å². The highest BCUT2D eigenvalue weighted by atomic mass is 16.5. The van der Waals surface area contributed by atoms with Crippen LogP contribution in [-0.2, 0) is 19.7 Å². The van der Waals surface area contributed by atoms with Crippen molar-refractivity contribution < 1.29 is 19.1 Å². The molecule has 0 unspecified atom stereocenters. The lowest BCUT2D eigenvalue weighted by Gasteiger charge is -2.52. The van der Waals surface area contributed by atoms with Crippen LogP contribution in [0, 0.1) is 11.8 Å². The molecule has 1 aliphatic heterocycles. The van der Waals surface area contributed by atoms with Crippen LogP contribution in [0.25, 0.3) is 0 Å². The van der Waals surface area contributed by atoms with Gasteiger partial charge in [0.2, 0.25) is 11.8 Å². The van der Waals surface area contributed by atoms with Crippen LogP contribution in [0.5, 0.6) is 0 Å². The second kappa shape index (κ2) is 6.39. The summed E-state index contributed by atoms with van der Waals surface area (Å²) >= 11 is 0. The molecule has 2 amide bonds. The van der Waals surface area contributed by atoms with Crippen LogP contribution >= 0.6 is 0 Å². The number of nitrogens with zero attached hydrogens (tertiary/aromatic N) is 1. The monoisotopic (exact) mass is 423 g/mol. The predicted octanol–water partition coefficient (Wildman–Crippen LogP) is 4.04. The zero-order valence-corrected chi connectivity index (χ0v) is 17.7. The highest BCUT2D eigenvalue weighted by Crippen LogP contribution is 2.64. The van der Waals surface area contributed by atoms with Crippen molar-refractivity contribution in [3.05, 3.63) is 101 Å². The minimum atomic E-state index is -0.583. The third kappa shape index (κ3) is 2.15. The average Bonchev–Trinajstić information content (AvgIpc) is 3.10. The number of amides is 2. The first-order valence-corrected chi connectivity index (χ1v) is 10.7. The number of ether oxygens (including phenoxy) is 1. The smallest absolute Gasteiger partial charge is 0.337 e. The van der Waals surface area contributed by atoms with Gasteiger partial charge in [-0.2, -0.15) is 0 Å². The van der Waals surface area contributed by atoms with E-state index in [4.69, 9.17) is 4.74 Å². The molecule has 32 heavy (non-hydrogen) atoms. The standard InChI is InChI=1S/C27H21NO4/c1-27-19-9-5-3-7-17(19)21(18-8-4-6-10-20(18)27)22-23(27)25(30)28(24(22)29)16-13-11-15(12-14-16)26(31)32-2/h3-14,21-23H,1-2H3/t21?,22-,23+,27?/m1/s1. The van der Waals surface area contributed by atoms with Crippen molar-refractivity contribution in [1.29, 1.82) is 0 Å². The summed E-state index contributed by atoms with van der Waals surface area (Å²) < 4.78 is 4.76. The fourth-order valence-electron chi connectivity index (χ4n) is 6.27. The van der Waals surface area contributed by atoms with Crippen molar-refractivity contribution in [3.63, 3.8) is 0 Å². The molecule has 3 aromatic carbocycles. The molecule has 1 fully saturated rings.